The van der Waals surface area contributed by atoms with Crippen LogP contribution in [0.1, 0.15) is 25.8 Å². The largest absolute Gasteiger partial charge is 0.379 e. The van der Waals surface area contributed by atoms with E-state index >= 15 is 0 Å². The third-order valence-corrected chi connectivity index (χ3v) is 3.34. The minimum atomic E-state index is 0.329. The van der Waals surface area contributed by atoms with Crippen LogP contribution >= 0.6 is 0 Å². The van der Waals surface area contributed by atoms with E-state index < -0.39 is 0 Å². The maximum absolute atomic E-state index is 5.52. The maximum atomic E-state index is 5.52. The topological polar surface area (TPSA) is 21.3 Å². The van der Waals surface area contributed by atoms with Crippen molar-refractivity contribution in [1.29, 1.82) is 0 Å². The lowest BCUT2D eigenvalue weighted by Crippen LogP contribution is -2.17. The Hall–Kier alpha value is -1.64. The van der Waals surface area contributed by atoms with Crippen LogP contribution < -0.4 is 5.32 Å². The SMILES string of the molecule is CC(C)OCCCNCc1ccc(-c2ccccc2)cc1. The normalized spacial score (nSPS) is 11.0. The molecule has 2 heteroatoms. The second-order valence-electron chi connectivity index (χ2n) is 5.51. The van der Waals surface area contributed by atoms with E-state index in [-0.39, 0.29) is 0 Å². The molecule has 0 aliphatic heterocycles. The van der Waals surface area contributed by atoms with Crippen LogP contribution in [0, 0.1) is 0 Å². The molecule has 2 aromatic rings. The van der Waals surface area contributed by atoms with Crippen molar-refractivity contribution in [3.8, 4) is 11.1 Å². The molecule has 0 radical (unpaired) electrons. The van der Waals surface area contributed by atoms with Crippen molar-refractivity contribution in [3.05, 3.63) is 60.2 Å². The van der Waals surface area contributed by atoms with Gasteiger partial charge in [0.25, 0.3) is 0 Å². The molecule has 0 amide bonds. The minimum absolute atomic E-state index is 0.329. The Morgan fingerprint density at radius 1 is 0.905 bits per heavy atom. The average Bonchev–Trinajstić information content (AvgIpc) is 2.52. The molecular formula is C19H25NO. The number of hydrogen-bond acceptors (Lipinski definition) is 2. The van der Waals surface area contributed by atoms with E-state index in [4.69, 9.17) is 4.74 Å². The quantitative estimate of drug-likeness (QED) is 0.731. The fourth-order valence-corrected chi connectivity index (χ4v) is 2.19. The number of nitrogens with one attached hydrogen (secondary N) is 1. The number of ether oxygens (including phenoxy) is 1. The van der Waals surface area contributed by atoms with Gasteiger partial charge in [-0.3, -0.25) is 0 Å². The Morgan fingerprint density at radius 3 is 2.24 bits per heavy atom. The zero-order valence-corrected chi connectivity index (χ0v) is 13.0. The van der Waals surface area contributed by atoms with Crippen LogP contribution in [0.4, 0.5) is 0 Å². The van der Waals surface area contributed by atoms with E-state index in [1.165, 1.54) is 16.7 Å². The lowest BCUT2D eigenvalue weighted by molar-refractivity contribution is 0.0770. The Bertz CT molecular complexity index is 505. The lowest BCUT2D eigenvalue weighted by atomic mass is 10.0. The average molecular weight is 283 g/mol. The molecule has 21 heavy (non-hydrogen) atoms. The van der Waals surface area contributed by atoms with Crippen LogP contribution in [0.25, 0.3) is 11.1 Å². The molecule has 2 rings (SSSR count). The fourth-order valence-electron chi connectivity index (χ4n) is 2.19. The zero-order valence-electron chi connectivity index (χ0n) is 13.0. The summed E-state index contributed by atoms with van der Waals surface area (Å²) >= 11 is 0. The molecule has 112 valence electrons. The van der Waals surface area contributed by atoms with Crippen LogP contribution in [0.2, 0.25) is 0 Å². The predicted molar refractivity (Wildman–Crippen MR) is 89.3 cm³/mol. The van der Waals surface area contributed by atoms with Crippen LogP contribution in [0.3, 0.4) is 0 Å². The molecular weight excluding hydrogens is 258 g/mol. The first kappa shape index (κ1) is 15.7. The third kappa shape index (κ3) is 5.70. The smallest absolute Gasteiger partial charge is 0.0518 e. The molecule has 0 aliphatic carbocycles. The highest BCUT2D eigenvalue weighted by Crippen LogP contribution is 2.19. The van der Waals surface area contributed by atoms with Crippen molar-refractivity contribution in [1.82, 2.24) is 5.32 Å². The Morgan fingerprint density at radius 2 is 1.57 bits per heavy atom. The molecule has 0 bridgehead atoms. The van der Waals surface area contributed by atoms with Gasteiger partial charge in [0.1, 0.15) is 0 Å². The van der Waals surface area contributed by atoms with Gasteiger partial charge >= 0.3 is 0 Å². The molecule has 0 fully saturated rings. The summed E-state index contributed by atoms with van der Waals surface area (Å²) < 4.78 is 5.52. The van der Waals surface area contributed by atoms with Gasteiger partial charge in [-0.2, -0.15) is 0 Å². The van der Waals surface area contributed by atoms with E-state index in [1.54, 1.807) is 0 Å². The number of benzene rings is 2. The highest BCUT2D eigenvalue weighted by molar-refractivity contribution is 5.63. The van der Waals surface area contributed by atoms with E-state index in [0.717, 1.165) is 26.1 Å². The highest BCUT2D eigenvalue weighted by atomic mass is 16.5. The van der Waals surface area contributed by atoms with Crippen molar-refractivity contribution in [3.63, 3.8) is 0 Å². The molecule has 1 N–H and O–H groups in total. The van der Waals surface area contributed by atoms with Crippen LogP contribution in [-0.4, -0.2) is 19.3 Å². The molecule has 0 heterocycles. The van der Waals surface area contributed by atoms with Crippen molar-refractivity contribution in [2.45, 2.75) is 32.9 Å². The predicted octanol–water partition coefficient (Wildman–Crippen LogP) is 4.26. The van der Waals surface area contributed by atoms with E-state index in [0.29, 0.717) is 6.10 Å². The minimum Gasteiger partial charge on any atom is -0.379 e. The Balaban J connectivity index is 1.73. The standard InChI is InChI=1S/C19H25NO/c1-16(2)21-14-6-13-20-15-17-9-11-19(12-10-17)18-7-4-3-5-8-18/h3-5,7-12,16,20H,6,13-15H2,1-2H3. The van der Waals surface area contributed by atoms with Crippen molar-refractivity contribution in [2.75, 3.05) is 13.2 Å². The van der Waals surface area contributed by atoms with Gasteiger partial charge in [-0.25, -0.2) is 0 Å². The molecule has 0 aromatic heterocycles. The summed E-state index contributed by atoms with van der Waals surface area (Å²) in [6.45, 7) is 6.88. The van der Waals surface area contributed by atoms with Crippen molar-refractivity contribution in [2.24, 2.45) is 0 Å². The summed E-state index contributed by atoms with van der Waals surface area (Å²) in [7, 11) is 0. The van der Waals surface area contributed by atoms with Gasteiger partial charge in [-0.05, 0) is 43.5 Å². The summed E-state index contributed by atoms with van der Waals surface area (Å²) in [5.74, 6) is 0. The molecule has 2 nitrogen and oxygen atoms in total. The van der Waals surface area contributed by atoms with Gasteiger partial charge in [-0.1, -0.05) is 54.6 Å². The van der Waals surface area contributed by atoms with Gasteiger partial charge in [0.05, 0.1) is 6.10 Å². The zero-order chi connectivity index (χ0) is 14.9. The van der Waals surface area contributed by atoms with E-state index in [9.17, 15) is 0 Å². The van der Waals surface area contributed by atoms with Gasteiger partial charge in [0.2, 0.25) is 0 Å². The summed E-state index contributed by atoms with van der Waals surface area (Å²) in [4.78, 5) is 0. The second kappa shape index (κ2) is 8.60. The monoisotopic (exact) mass is 283 g/mol. The maximum Gasteiger partial charge on any atom is 0.0518 e. The summed E-state index contributed by atoms with van der Waals surface area (Å²) in [6, 6.07) is 19.2. The summed E-state index contributed by atoms with van der Waals surface area (Å²) in [5.41, 5.74) is 3.85. The van der Waals surface area contributed by atoms with Crippen molar-refractivity contribution < 1.29 is 4.74 Å². The lowest BCUT2D eigenvalue weighted by Gasteiger charge is -2.09. The van der Waals surface area contributed by atoms with Crippen LogP contribution in [0.15, 0.2) is 54.6 Å². The van der Waals surface area contributed by atoms with Crippen LogP contribution in [0.5, 0.6) is 0 Å². The third-order valence-electron chi connectivity index (χ3n) is 3.34. The summed E-state index contributed by atoms with van der Waals surface area (Å²) in [6.07, 6.45) is 1.39. The molecule has 0 spiro atoms. The van der Waals surface area contributed by atoms with Gasteiger partial charge in [0, 0.05) is 13.2 Å². The molecule has 0 saturated carbocycles. The highest BCUT2D eigenvalue weighted by Gasteiger charge is 1.98. The van der Waals surface area contributed by atoms with E-state index in [1.807, 2.05) is 6.07 Å². The first-order valence-corrected chi connectivity index (χ1v) is 7.72. The number of hydrogen-bond donors (Lipinski definition) is 1. The first-order valence-electron chi connectivity index (χ1n) is 7.72. The van der Waals surface area contributed by atoms with E-state index in [2.05, 4.69) is 67.7 Å². The molecule has 0 unspecified atom stereocenters. The number of rotatable bonds is 8. The van der Waals surface area contributed by atoms with Gasteiger partial charge in [0.15, 0.2) is 0 Å². The Kier molecular flexibility index (Phi) is 6.45. The van der Waals surface area contributed by atoms with Crippen molar-refractivity contribution >= 4 is 0 Å². The summed E-state index contributed by atoms with van der Waals surface area (Å²) in [5, 5.41) is 3.45. The van der Waals surface area contributed by atoms with Gasteiger partial charge < -0.3 is 10.1 Å². The van der Waals surface area contributed by atoms with Gasteiger partial charge in [-0.15, -0.1) is 0 Å². The molecule has 0 aliphatic rings. The Labute approximate surface area is 128 Å². The second-order valence-corrected chi connectivity index (χ2v) is 5.51. The molecule has 0 saturated heterocycles. The van der Waals surface area contributed by atoms with Crippen LogP contribution in [-0.2, 0) is 11.3 Å². The molecule has 0 atom stereocenters. The molecule has 2 aromatic carbocycles. The first-order chi connectivity index (χ1) is 10.3. The fraction of sp³-hybridized carbons (Fsp3) is 0.368.